The number of ether oxygens (including phenoxy) is 1. The van der Waals surface area contributed by atoms with E-state index in [-0.39, 0.29) is 11.5 Å². The Kier molecular flexibility index (Phi) is 5.07. The molecule has 0 N–H and O–H groups in total. The molecule has 33 heavy (non-hydrogen) atoms. The van der Waals surface area contributed by atoms with Gasteiger partial charge in [-0.3, -0.25) is 4.79 Å². The first kappa shape index (κ1) is 20.9. The quantitative estimate of drug-likeness (QED) is 0.602. The van der Waals surface area contributed by atoms with E-state index in [1.54, 1.807) is 0 Å². The lowest BCUT2D eigenvalue weighted by atomic mass is 9.88. The number of hydrogen-bond donors (Lipinski definition) is 0. The number of rotatable bonds is 5. The van der Waals surface area contributed by atoms with Crippen molar-refractivity contribution in [1.29, 1.82) is 0 Å². The molecule has 2 fully saturated rings. The van der Waals surface area contributed by atoms with Gasteiger partial charge >= 0.3 is 0 Å². The van der Waals surface area contributed by atoms with Gasteiger partial charge in [-0.2, -0.15) is 0 Å². The zero-order chi connectivity index (χ0) is 22.6. The van der Waals surface area contributed by atoms with Crippen LogP contribution in [-0.4, -0.2) is 63.1 Å². The first-order valence-corrected chi connectivity index (χ1v) is 12.2. The average molecular weight is 448 g/mol. The highest BCUT2D eigenvalue weighted by molar-refractivity contribution is 5.98. The second kappa shape index (κ2) is 7.99. The van der Waals surface area contributed by atoms with Crippen molar-refractivity contribution < 1.29 is 9.53 Å². The molecule has 1 aliphatic carbocycles. The van der Waals surface area contributed by atoms with Gasteiger partial charge in [-0.15, -0.1) is 0 Å². The number of carbonyl (C=O) groups excluding carboxylic acids is 1. The lowest BCUT2D eigenvalue weighted by Crippen LogP contribution is -2.49. The van der Waals surface area contributed by atoms with Gasteiger partial charge in [-0.25, -0.2) is 4.98 Å². The van der Waals surface area contributed by atoms with E-state index in [0.717, 1.165) is 54.1 Å². The van der Waals surface area contributed by atoms with E-state index in [1.807, 2.05) is 42.5 Å². The van der Waals surface area contributed by atoms with Crippen molar-refractivity contribution in [2.24, 2.45) is 13.0 Å². The van der Waals surface area contributed by atoms with Crippen LogP contribution in [0.15, 0.2) is 36.7 Å². The minimum Gasteiger partial charge on any atom is -0.365 e. The van der Waals surface area contributed by atoms with Crippen LogP contribution in [0.1, 0.15) is 47.6 Å². The van der Waals surface area contributed by atoms with Crippen molar-refractivity contribution in [2.45, 2.75) is 44.4 Å². The number of piperidine rings is 1. The normalized spacial score (nSPS) is 20.0. The largest absolute Gasteiger partial charge is 0.365 e. The topological polar surface area (TPSA) is 55.5 Å². The number of imidazole rings is 1. The summed E-state index contributed by atoms with van der Waals surface area (Å²) in [5.74, 6) is 2.05. The van der Waals surface area contributed by atoms with Gasteiger partial charge in [0.25, 0.3) is 5.91 Å². The lowest BCUT2D eigenvalue weighted by Gasteiger charge is -2.43. The molecule has 1 spiro atoms. The standard InChI is InChI=1S/C26H33N5O2/c1-28(17-19-3-4-19)18-22-16-27-25-26(33-14-13-31(22)25)8-11-30(12-9-26)24(32)21-5-6-23-20(15-21)7-10-29(23)2/h5-7,10,15-16,19H,3-4,8-9,11-14,17-18H2,1-2H3. The second-order valence-corrected chi connectivity index (χ2v) is 10.2. The predicted molar refractivity (Wildman–Crippen MR) is 127 cm³/mol. The highest BCUT2D eigenvalue weighted by Gasteiger charge is 2.44. The number of amides is 1. The highest BCUT2D eigenvalue weighted by atomic mass is 16.5. The van der Waals surface area contributed by atoms with Crippen LogP contribution in [0.25, 0.3) is 10.9 Å². The summed E-state index contributed by atoms with van der Waals surface area (Å²) in [6.07, 6.45) is 8.41. The first-order valence-electron chi connectivity index (χ1n) is 12.2. The van der Waals surface area contributed by atoms with Crippen LogP contribution in [0.2, 0.25) is 0 Å². The molecule has 0 unspecified atom stereocenters. The number of hydrogen-bond acceptors (Lipinski definition) is 4. The lowest BCUT2D eigenvalue weighted by molar-refractivity contribution is -0.112. The molecule has 0 atom stereocenters. The molecule has 3 aromatic rings. The Morgan fingerprint density at radius 1 is 1.21 bits per heavy atom. The summed E-state index contributed by atoms with van der Waals surface area (Å²) in [5, 5.41) is 1.11. The van der Waals surface area contributed by atoms with E-state index in [2.05, 4.69) is 27.1 Å². The summed E-state index contributed by atoms with van der Waals surface area (Å²) in [5.41, 5.74) is 2.82. The van der Waals surface area contributed by atoms with E-state index in [4.69, 9.17) is 9.72 Å². The molecular formula is C26H33N5O2. The number of carbonyl (C=O) groups is 1. The Morgan fingerprint density at radius 3 is 2.82 bits per heavy atom. The molecule has 7 heteroatoms. The molecular weight excluding hydrogens is 414 g/mol. The fourth-order valence-corrected chi connectivity index (χ4v) is 5.67. The smallest absolute Gasteiger partial charge is 0.253 e. The van der Waals surface area contributed by atoms with Crippen molar-refractivity contribution in [3.05, 3.63) is 53.7 Å². The fraction of sp³-hybridized carbons (Fsp3) is 0.538. The van der Waals surface area contributed by atoms with E-state index >= 15 is 0 Å². The maximum Gasteiger partial charge on any atom is 0.253 e. The molecule has 2 aromatic heterocycles. The van der Waals surface area contributed by atoms with Crippen molar-refractivity contribution >= 4 is 16.8 Å². The fourth-order valence-electron chi connectivity index (χ4n) is 5.67. The Hall–Kier alpha value is -2.64. The van der Waals surface area contributed by atoms with Gasteiger partial charge in [-0.1, -0.05) is 0 Å². The molecule has 1 aromatic carbocycles. The highest BCUT2D eigenvalue weighted by Crippen LogP contribution is 2.39. The van der Waals surface area contributed by atoms with E-state index < -0.39 is 0 Å². The number of aromatic nitrogens is 3. The number of nitrogens with zero attached hydrogens (tertiary/aromatic N) is 5. The van der Waals surface area contributed by atoms with E-state index in [1.165, 1.54) is 25.1 Å². The number of aryl methyl sites for hydroxylation is 1. The first-order chi connectivity index (χ1) is 16.0. The van der Waals surface area contributed by atoms with Gasteiger partial charge in [0.15, 0.2) is 0 Å². The zero-order valence-electron chi connectivity index (χ0n) is 19.7. The van der Waals surface area contributed by atoms with Crippen molar-refractivity contribution in [3.63, 3.8) is 0 Å². The molecule has 3 aliphatic rings. The number of likely N-dealkylation sites (tertiary alicyclic amines) is 1. The van der Waals surface area contributed by atoms with Crippen molar-refractivity contribution in [3.8, 4) is 0 Å². The van der Waals surface area contributed by atoms with Gasteiger partial charge in [-0.05, 0) is 50.1 Å². The van der Waals surface area contributed by atoms with Crippen LogP contribution in [0.4, 0.5) is 0 Å². The summed E-state index contributed by atoms with van der Waals surface area (Å²) in [7, 11) is 4.24. The molecule has 2 aliphatic heterocycles. The third kappa shape index (κ3) is 3.77. The zero-order valence-corrected chi connectivity index (χ0v) is 19.7. The Bertz CT molecular complexity index is 1180. The summed E-state index contributed by atoms with van der Waals surface area (Å²) < 4.78 is 10.8. The number of benzene rings is 1. The van der Waals surface area contributed by atoms with Crippen LogP contribution < -0.4 is 0 Å². The van der Waals surface area contributed by atoms with Gasteiger partial charge in [0, 0.05) is 81.5 Å². The Balaban J connectivity index is 1.16. The van der Waals surface area contributed by atoms with Crippen molar-refractivity contribution in [2.75, 3.05) is 33.3 Å². The van der Waals surface area contributed by atoms with Crippen LogP contribution in [0.5, 0.6) is 0 Å². The minimum atomic E-state index is -0.369. The molecule has 1 saturated carbocycles. The average Bonchev–Trinajstić information content (AvgIpc) is 3.42. The Morgan fingerprint density at radius 2 is 2.03 bits per heavy atom. The minimum absolute atomic E-state index is 0.108. The SMILES string of the molecule is CN(Cc1cnc2n1CCOC21CCN(C(=O)c2ccc3c(ccn3C)c2)CC1)CC1CC1. The summed E-state index contributed by atoms with van der Waals surface area (Å²) in [6, 6.07) is 8.06. The Labute approximate surface area is 194 Å². The second-order valence-electron chi connectivity index (χ2n) is 10.2. The van der Waals surface area contributed by atoms with Crippen LogP contribution in [-0.2, 0) is 30.5 Å². The van der Waals surface area contributed by atoms with Crippen LogP contribution in [0.3, 0.4) is 0 Å². The molecule has 4 heterocycles. The maximum absolute atomic E-state index is 13.2. The van der Waals surface area contributed by atoms with E-state index in [9.17, 15) is 4.79 Å². The monoisotopic (exact) mass is 447 g/mol. The van der Waals surface area contributed by atoms with Crippen LogP contribution >= 0.6 is 0 Å². The molecule has 1 amide bonds. The molecule has 0 radical (unpaired) electrons. The molecule has 6 rings (SSSR count). The van der Waals surface area contributed by atoms with Crippen molar-refractivity contribution in [1.82, 2.24) is 23.9 Å². The number of fused-ring (bicyclic) bond motifs is 3. The summed E-state index contributed by atoms with van der Waals surface area (Å²) in [6.45, 7) is 5.07. The van der Waals surface area contributed by atoms with E-state index in [0.29, 0.717) is 19.7 Å². The maximum atomic E-state index is 13.2. The molecule has 174 valence electrons. The van der Waals surface area contributed by atoms with Gasteiger partial charge in [0.05, 0.1) is 12.3 Å². The third-order valence-electron chi connectivity index (χ3n) is 7.73. The molecule has 1 saturated heterocycles. The summed E-state index contributed by atoms with van der Waals surface area (Å²) in [4.78, 5) is 22.5. The van der Waals surface area contributed by atoms with Gasteiger partial charge in [0.1, 0.15) is 11.4 Å². The third-order valence-corrected chi connectivity index (χ3v) is 7.73. The summed E-state index contributed by atoms with van der Waals surface area (Å²) >= 11 is 0. The van der Waals surface area contributed by atoms with Gasteiger partial charge < -0.3 is 23.7 Å². The molecule has 0 bridgehead atoms. The van der Waals surface area contributed by atoms with Gasteiger partial charge in [0.2, 0.25) is 0 Å². The predicted octanol–water partition coefficient (Wildman–Crippen LogP) is 3.38. The van der Waals surface area contributed by atoms with Crippen LogP contribution in [0, 0.1) is 5.92 Å². The molecule has 7 nitrogen and oxygen atoms in total.